The third kappa shape index (κ3) is 7.16. The van der Waals surface area contributed by atoms with Gasteiger partial charge in [-0.2, -0.15) is 0 Å². The third-order valence-electron chi connectivity index (χ3n) is 3.05. The zero-order chi connectivity index (χ0) is 18.9. The monoisotopic (exact) mass is 396 g/mol. The third-order valence-corrected chi connectivity index (χ3v) is 4.06. The standard InChI is InChI=1S/C16H17ClN4O4S/c1-10-20-21-16(26-10)19-13(22)3-2-4-15(24)25-9-14(23)18-12-7-5-11(17)6-8-12/h5-8H,2-4,9H2,1H3,(H,18,23)(H,19,21,22). The van der Waals surface area contributed by atoms with Crippen molar-refractivity contribution in [3.05, 3.63) is 34.3 Å². The van der Waals surface area contributed by atoms with Crippen LogP contribution in [0.25, 0.3) is 0 Å². The van der Waals surface area contributed by atoms with Gasteiger partial charge in [-0.15, -0.1) is 10.2 Å². The predicted octanol–water partition coefficient (Wildman–Crippen LogP) is 2.79. The van der Waals surface area contributed by atoms with Crippen LogP contribution in [0, 0.1) is 6.92 Å². The lowest BCUT2D eigenvalue weighted by Crippen LogP contribution is -2.21. The van der Waals surface area contributed by atoms with E-state index in [0.717, 1.165) is 5.01 Å². The summed E-state index contributed by atoms with van der Waals surface area (Å²) in [5.74, 6) is -1.25. The summed E-state index contributed by atoms with van der Waals surface area (Å²) in [5.41, 5.74) is 0.555. The van der Waals surface area contributed by atoms with Crippen LogP contribution in [0.5, 0.6) is 0 Å². The van der Waals surface area contributed by atoms with Crippen molar-refractivity contribution < 1.29 is 19.1 Å². The number of carbonyl (C=O) groups excluding carboxylic acids is 3. The Morgan fingerprint density at radius 3 is 2.46 bits per heavy atom. The first-order valence-electron chi connectivity index (χ1n) is 7.73. The van der Waals surface area contributed by atoms with Crippen LogP contribution in [0.1, 0.15) is 24.3 Å². The van der Waals surface area contributed by atoms with Crippen molar-refractivity contribution in [3.8, 4) is 0 Å². The van der Waals surface area contributed by atoms with Gasteiger partial charge >= 0.3 is 5.97 Å². The molecule has 10 heteroatoms. The number of rotatable bonds is 8. The fourth-order valence-electron chi connectivity index (χ4n) is 1.87. The van der Waals surface area contributed by atoms with Crippen molar-refractivity contribution in [2.24, 2.45) is 0 Å². The quantitative estimate of drug-likeness (QED) is 0.664. The molecular weight excluding hydrogens is 380 g/mol. The lowest BCUT2D eigenvalue weighted by atomic mass is 10.2. The smallest absolute Gasteiger partial charge is 0.306 e. The van der Waals surface area contributed by atoms with Gasteiger partial charge in [0.1, 0.15) is 5.01 Å². The molecule has 2 amide bonds. The van der Waals surface area contributed by atoms with Crippen LogP contribution in [0.4, 0.5) is 10.8 Å². The van der Waals surface area contributed by atoms with E-state index < -0.39 is 18.5 Å². The van der Waals surface area contributed by atoms with Gasteiger partial charge in [-0.25, -0.2) is 0 Å². The summed E-state index contributed by atoms with van der Waals surface area (Å²) in [4.78, 5) is 35.0. The van der Waals surface area contributed by atoms with Crippen LogP contribution in [0.15, 0.2) is 24.3 Å². The second-order valence-corrected chi connectivity index (χ2v) is 6.86. The van der Waals surface area contributed by atoms with E-state index >= 15 is 0 Å². The maximum Gasteiger partial charge on any atom is 0.306 e. The van der Waals surface area contributed by atoms with E-state index in [1.165, 1.54) is 11.3 Å². The first-order chi connectivity index (χ1) is 12.4. The number of nitrogens with zero attached hydrogens (tertiary/aromatic N) is 2. The first-order valence-corrected chi connectivity index (χ1v) is 8.93. The first kappa shape index (κ1) is 19.8. The maximum absolute atomic E-state index is 11.7. The number of esters is 1. The van der Waals surface area contributed by atoms with Gasteiger partial charge in [0.2, 0.25) is 11.0 Å². The Morgan fingerprint density at radius 2 is 1.81 bits per heavy atom. The van der Waals surface area contributed by atoms with E-state index in [2.05, 4.69) is 20.8 Å². The van der Waals surface area contributed by atoms with Gasteiger partial charge in [0.15, 0.2) is 6.61 Å². The topological polar surface area (TPSA) is 110 Å². The van der Waals surface area contributed by atoms with Gasteiger partial charge < -0.3 is 15.4 Å². The minimum atomic E-state index is -0.546. The van der Waals surface area contributed by atoms with Crippen molar-refractivity contribution in [2.45, 2.75) is 26.2 Å². The lowest BCUT2D eigenvalue weighted by molar-refractivity contribution is -0.147. The number of hydrogen-bond donors (Lipinski definition) is 2. The molecule has 0 bridgehead atoms. The number of benzene rings is 1. The number of ether oxygens (including phenoxy) is 1. The van der Waals surface area contributed by atoms with Gasteiger partial charge in [-0.1, -0.05) is 22.9 Å². The van der Waals surface area contributed by atoms with Crippen LogP contribution in [-0.4, -0.2) is 34.6 Å². The van der Waals surface area contributed by atoms with Crippen molar-refractivity contribution in [1.29, 1.82) is 0 Å². The average molecular weight is 397 g/mol. The normalized spacial score (nSPS) is 10.2. The van der Waals surface area contributed by atoms with Crippen molar-refractivity contribution in [3.63, 3.8) is 0 Å². The highest BCUT2D eigenvalue weighted by atomic mass is 35.5. The van der Waals surface area contributed by atoms with Crippen LogP contribution in [-0.2, 0) is 19.1 Å². The number of aromatic nitrogens is 2. The van der Waals surface area contributed by atoms with E-state index in [-0.39, 0.29) is 18.7 Å². The molecular formula is C16H17ClN4O4S. The van der Waals surface area contributed by atoms with Gasteiger partial charge in [-0.3, -0.25) is 14.4 Å². The largest absolute Gasteiger partial charge is 0.456 e. The van der Waals surface area contributed by atoms with Crippen LogP contribution < -0.4 is 10.6 Å². The lowest BCUT2D eigenvalue weighted by Gasteiger charge is -2.06. The van der Waals surface area contributed by atoms with E-state index in [4.69, 9.17) is 16.3 Å². The summed E-state index contributed by atoms with van der Waals surface area (Å²) in [7, 11) is 0. The molecule has 0 radical (unpaired) electrons. The zero-order valence-corrected chi connectivity index (χ0v) is 15.5. The van der Waals surface area contributed by atoms with Gasteiger partial charge in [0.25, 0.3) is 5.91 Å². The number of aryl methyl sites for hydroxylation is 1. The van der Waals surface area contributed by atoms with Gasteiger partial charge in [-0.05, 0) is 37.6 Å². The molecule has 1 aromatic heterocycles. The Balaban J connectivity index is 1.60. The molecule has 0 aliphatic rings. The molecule has 0 saturated heterocycles. The Morgan fingerprint density at radius 1 is 1.08 bits per heavy atom. The molecule has 2 rings (SSSR count). The highest BCUT2D eigenvalue weighted by molar-refractivity contribution is 7.15. The van der Waals surface area contributed by atoms with E-state index in [1.807, 2.05) is 0 Å². The fourth-order valence-corrected chi connectivity index (χ4v) is 2.60. The van der Waals surface area contributed by atoms with E-state index in [0.29, 0.717) is 22.3 Å². The summed E-state index contributed by atoms with van der Waals surface area (Å²) in [6.45, 7) is 1.39. The minimum absolute atomic E-state index is 0.0385. The van der Waals surface area contributed by atoms with E-state index in [1.54, 1.807) is 31.2 Å². The summed E-state index contributed by atoms with van der Waals surface area (Å²) in [6, 6.07) is 6.55. The minimum Gasteiger partial charge on any atom is -0.456 e. The molecule has 0 aliphatic carbocycles. The molecule has 0 saturated carbocycles. The second-order valence-electron chi connectivity index (χ2n) is 5.24. The molecule has 2 aromatic rings. The molecule has 26 heavy (non-hydrogen) atoms. The van der Waals surface area contributed by atoms with Crippen molar-refractivity contribution in [2.75, 3.05) is 17.2 Å². The average Bonchev–Trinajstić information content (AvgIpc) is 3.00. The van der Waals surface area contributed by atoms with Crippen molar-refractivity contribution >= 4 is 51.5 Å². The summed E-state index contributed by atoms with van der Waals surface area (Å²) in [6.07, 6.45) is 0.489. The number of amides is 2. The van der Waals surface area contributed by atoms with Crippen LogP contribution >= 0.6 is 22.9 Å². The number of carbonyl (C=O) groups is 3. The number of anilines is 2. The van der Waals surface area contributed by atoms with Gasteiger partial charge in [0, 0.05) is 23.6 Å². The predicted molar refractivity (Wildman–Crippen MR) is 98.2 cm³/mol. The molecule has 138 valence electrons. The molecule has 2 N–H and O–H groups in total. The molecule has 0 atom stereocenters. The zero-order valence-electron chi connectivity index (χ0n) is 14.0. The fraction of sp³-hybridized carbons (Fsp3) is 0.312. The second kappa shape index (κ2) is 9.83. The number of nitrogens with one attached hydrogen (secondary N) is 2. The maximum atomic E-state index is 11.7. The molecule has 0 fully saturated rings. The summed E-state index contributed by atoms with van der Waals surface area (Å²) < 4.78 is 4.87. The highest BCUT2D eigenvalue weighted by Crippen LogP contribution is 2.14. The molecule has 1 aromatic carbocycles. The Kier molecular flexibility index (Phi) is 7.49. The molecule has 0 aliphatic heterocycles. The van der Waals surface area contributed by atoms with Crippen LogP contribution in [0.3, 0.4) is 0 Å². The molecule has 0 spiro atoms. The molecule has 8 nitrogen and oxygen atoms in total. The number of halogens is 1. The molecule has 0 unspecified atom stereocenters. The highest BCUT2D eigenvalue weighted by Gasteiger charge is 2.10. The SMILES string of the molecule is Cc1nnc(NC(=O)CCCC(=O)OCC(=O)Nc2ccc(Cl)cc2)s1. The van der Waals surface area contributed by atoms with E-state index in [9.17, 15) is 14.4 Å². The van der Waals surface area contributed by atoms with Crippen molar-refractivity contribution in [1.82, 2.24) is 10.2 Å². The molecule has 1 heterocycles. The Labute approximate surface area is 158 Å². The van der Waals surface area contributed by atoms with Crippen LogP contribution in [0.2, 0.25) is 5.02 Å². The summed E-state index contributed by atoms with van der Waals surface area (Å²) in [5, 5.41) is 14.5. The number of hydrogen-bond acceptors (Lipinski definition) is 7. The Hall–Kier alpha value is -2.52. The van der Waals surface area contributed by atoms with Gasteiger partial charge in [0.05, 0.1) is 0 Å². The summed E-state index contributed by atoms with van der Waals surface area (Å²) >= 11 is 7.02. The Bertz CT molecular complexity index is 779.